The molecular weight excluding hydrogens is 332 g/mol. The van der Waals surface area contributed by atoms with Crippen molar-refractivity contribution in [2.24, 2.45) is 0 Å². The van der Waals surface area contributed by atoms with E-state index in [0.717, 1.165) is 10.9 Å². The molecule has 7 heteroatoms. The van der Waals surface area contributed by atoms with Gasteiger partial charge in [0.05, 0.1) is 29.6 Å². The van der Waals surface area contributed by atoms with E-state index in [2.05, 4.69) is 9.97 Å². The van der Waals surface area contributed by atoms with Crippen LogP contribution in [0.2, 0.25) is 0 Å². The highest BCUT2D eigenvalue weighted by Crippen LogP contribution is 2.27. The number of fused-ring (bicyclic) bond motifs is 1. The zero-order valence-corrected chi connectivity index (χ0v) is 15.0. The highest BCUT2D eigenvalue weighted by Gasteiger charge is 2.36. The van der Waals surface area contributed by atoms with Gasteiger partial charge in [-0.1, -0.05) is 0 Å². The molecule has 1 aliphatic rings. The van der Waals surface area contributed by atoms with Crippen molar-refractivity contribution in [2.45, 2.75) is 38.8 Å². The predicted molar refractivity (Wildman–Crippen MR) is 95.8 cm³/mol. The summed E-state index contributed by atoms with van der Waals surface area (Å²) < 4.78 is 7.47. The Labute approximate surface area is 151 Å². The quantitative estimate of drug-likeness (QED) is 0.780. The van der Waals surface area contributed by atoms with E-state index in [9.17, 15) is 9.90 Å². The van der Waals surface area contributed by atoms with Crippen LogP contribution >= 0.6 is 0 Å². The van der Waals surface area contributed by atoms with Crippen LogP contribution in [0.3, 0.4) is 0 Å². The second kappa shape index (κ2) is 6.25. The lowest BCUT2D eigenvalue weighted by atomic mass is 9.91. The molecule has 0 radical (unpaired) electrons. The molecular formula is C19H22N4O3. The largest absolute Gasteiger partial charge is 0.436 e. The van der Waals surface area contributed by atoms with Gasteiger partial charge in [-0.05, 0) is 31.9 Å². The maximum absolute atomic E-state index is 12.6. The average molecular weight is 354 g/mol. The Kier molecular flexibility index (Phi) is 4.03. The van der Waals surface area contributed by atoms with E-state index >= 15 is 0 Å². The Bertz CT molecular complexity index is 951. The Balaban J connectivity index is 1.45. The lowest BCUT2D eigenvalue weighted by molar-refractivity contribution is -0.0289. The van der Waals surface area contributed by atoms with Crippen LogP contribution in [0.15, 0.2) is 35.1 Å². The van der Waals surface area contributed by atoms with Crippen molar-refractivity contribution in [1.29, 1.82) is 0 Å². The zero-order chi connectivity index (χ0) is 18.3. The summed E-state index contributed by atoms with van der Waals surface area (Å²) in [6.07, 6.45) is 6.59. The van der Waals surface area contributed by atoms with Crippen molar-refractivity contribution in [2.75, 3.05) is 13.1 Å². The van der Waals surface area contributed by atoms with E-state index in [-0.39, 0.29) is 5.91 Å². The van der Waals surface area contributed by atoms with E-state index in [1.54, 1.807) is 24.9 Å². The minimum atomic E-state index is -0.842. The molecule has 0 unspecified atom stereocenters. The smallest absolute Gasteiger partial charge is 0.291 e. The molecule has 4 rings (SSSR count). The van der Waals surface area contributed by atoms with Crippen LogP contribution in [-0.4, -0.2) is 49.1 Å². The number of nitrogens with zero attached hydrogens (tertiary/aromatic N) is 4. The number of hydrogen-bond donors (Lipinski definition) is 1. The monoisotopic (exact) mass is 354 g/mol. The van der Waals surface area contributed by atoms with E-state index in [0.29, 0.717) is 49.8 Å². The van der Waals surface area contributed by atoms with Crippen LogP contribution in [0.25, 0.3) is 10.9 Å². The van der Waals surface area contributed by atoms with Crippen LogP contribution in [0, 0.1) is 13.8 Å². The second-order valence-electron chi connectivity index (χ2n) is 7.04. The van der Waals surface area contributed by atoms with Crippen LogP contribution in [0.4, 0.5) is 0 Å². The summed E-state index contributed by atoms with van der Waals surface area (Å²) in [6, 6.07) is 3.98. The van der Waals surface area contributed by atoms with E-state index < -0.39 is 5.60 Å². The van der Waals surface area contributed by atoms with Crippen LogP contribution in [-0.2, 0) is 6.54 Å². The maximum atomic E-state index is 12.6. The number of oxazole rings is 1. The highest BCUT2D eigenvalue weighted by atomic mass is 16.4. The Hall–Kier alpha value is -2.67. The number of hydrogen-bond acceptors (Lipinski definition) is 5. The van der Waals surface area contributed by atoms with Gasteiger partial charge in [0.15, 0.2) is 5.89 Å². The van der Waals surface area contributed by atoms with E-state index in [1.165, 1.54) is 0 Å². The first-order valence-electron chi connectivity index (χ1n) is 8.80. The molecule has 136 valence electrons. The molecule has 0 aromatic carbocycles. The molecule has 1 fully saturated rings. The number of aromatic nitrogens is 3. The SMILES string of the molecule is Cc1nc(C)c(C(=O)N2CCC(O)(Cn3ccc4ccncc43)CC2)o1. The standard InChI is InChI=1S/C19H22N4O3/c1-13-17(26-14(2)21-13)18(24)22-9-5-19(25,6-10-22)12-23-8-4-15-3-7-20-11-16(15)23/h3-4,7-8,11,25H,5-6,9-10,12H2,1-2H3. The van der Waals surface area contributed by atoms with Gasteiger partial charge in [0.1, 0.15) is 0 Å². The second-order valence-corrected chi connectivity index (χ2v) is 7.04. The summed E-state index contributed by atoms with van der Waals surface area (Å²) in [5.41, 5.74) is 0.775. The number of carbonyl (C=O) groups excluding carboxylic acids is 1. The number of piperidine rings is 1. The van der Waals surface area contributed by atoms with Gasteiger partial charge in [0, 0.05) is 37.8 Å². The van der Waals surface area contributed by atoms with Crippen LogP contribution in [0.1, 0.15) is 35.0 Å². The van der Waals surface area contributed by atoms with Gasteiger partial charge >= 0.3 is 0 Å². The topological polar surface area (TPSA) is 84.4 Å². The van der Waals surface area contributed by atoms with Crippen LogP contribution < -0.4 is 0 Å². The van der Waals surface area contributed by atoms with Gasteiger partial charge < -0.3 is 19.0 Å². The fourth-order valence-corrected chi connectivity index (χ4v) is 3.64. The van der Waals surface area contributed by atoms with Gasteiger partial charge in [-0.25, -0.2) is 4.98 Å². The maximum Gasteiger partial charge on any atom is 0.291 e. The highest BCUT2D eigenvalue weighted by molar-refractivity contribution is 5.92. The lowest BCUT2D eigenvalue weighted by Gasteiger charge is -2.38. The minimum Gasteiger partial charge on any atom is -0.436 e. The van der Waals surface area contributed by atoms with Gasteiger partial charge in [-0.3, -0.25) is 9.78 Å². The molecule has 4 heterocycles. The fourth-order valence-electron chi connectivity index (χ4n) is 3.64. The summed E-state index contributed by atoms with van der Waals surface area (Å²) in [6.45, 7) is 4.98. The number of amides is 1. The van der Waals surface area contributed by atoms with Crippen molar-refractivity contribution >= 4 is 16.8 Å². The number of carbonyl (C=O) groups is 1. The molecule has 0 saturated carbocycles. The molecule has 26 heavy (non-hydrogen) atoms. The normalized spacial score (nSPS) is 17.0. The first kappa shape index (κ1) is 16.8. The summed E-state index contributed by atoms with van der Waals surface area (Å²) in [5.74, 6) is 0.642. The molecule has 0 bridgehead atoms. The Morgan fingerprint density at radius 3 is 2.77 bits per heavy atom. The zero-order valence-electron chi connectivity index (χ0n) is 15.0. The third-order valence-corrected chi connectivity index (χ3v) is 5.12. The first-order chi connectivity index (χ1) is 12.5. The lowest BCUT2D eigenvalue weighted by Crippen LogP contribution is -2.48. The van der Waals surface area contributed by atoms with Gasteiger partial charge in [0.25, 0.3) is 5.91 Å². The molecule has 1 N–H and O–H groups in total. The average Bonchev–Trinajstić information content (AvgIpc) is 3.18. The van der Waals surface area contributed by atoms with Crippen molar-refractivity contribution in [3.63, 3.8) is 0 Å². The van der Waals surface area contributed by atoms with E-state index in [1.807, 2.05) is 29.1 Å². The molecule has 1 aliphatic heterocycles. The molecule has 1 saturated heterocycles. The molecule has 0 atom stereocenters. The Morgan fingerprint density at radius 1 is 1.31 bits per heavy atom. The van der Waals surface area contributed by atoms with Crippen molar-refractivity contribution in [1.82, 2.24) is 19.4 Å². The number of aliphatic hydroxyl groups is 1. The Morgan fingerprint density at radius 2 is 2.08 bits per heavy atom. The molecule has 0 aliphatic carbocycles. The molecule has 3 aromatic heterocycles. The minimum absolute atomic E-state index is 0.152. The van der Waals surface area contributed by atoms with E-state index in [4.69, 9.17) is 4.42 Å². The molecule has 7 nitrogen and oxygen atoms in total. The summed E-state index contributed by atoms with van der Waals surface area (Å²) in [4.78, 5) is 22.7. The molecule has 1 amide bonds. The first-order valence-corrected chi connectivity index (χ1v) is 8.80. The summed E-state index contributed by atoms with van der Waals surface area (Å²) >= 11 is 0. The number of rotatable bonds is 3. The predicted octanol–water partition coefficient (Wildman–Crippen LogP) is 2.31. The third-order valence-electron chi connectivity index (χ3n) is 5.12. The van der Waals surface area contributed by atoms with Crippen LogP contribution in [0.5, 0.6) is 0 Å². The third kappa shape index (κ3) is 2.99. The van der Waals surface area contributed by atoms with Gasteiger partial charge in [-0.2, -0.15) is 0 Å². The number of pyridine rings is 1. The van der Waals surface area contributed by atoms with Crippen molar-refractivity contribution < 1.29 is 14.3 Å². The molecule has 3 aromatic rings. The van der Waals surface area contributed by atoms with Crippen molar-refractivity contribution in [3.8, 4) is 0 Å². The number of aryl methyl sites for hydroxylation is 2. The summed E-state index contributed by atoms with van der Waals surface area (Å²) in [7, 11) is 0. The van der Waals surface area contributed by atoms with Gasteiger partial charge in [0.2, 0.25) is 5.76 Å². The van der Waals surface area contributed by atoms with Crippen molar-refractivity contribution in [3.05, 3.63) is 48.1 Å². The number of likely N-dealkylation sites (tertiary alicyclic amines) is 1. The summed E-state index contributed by atoms with van der Waals surface area (Å²) in [5, 5.41) is 12.1. The fraction of sp³-hybridized carbons (Fsp3) is 0.421. The molecule has 0 spiro atoms. The van der Waals surface area contributed by atoms with Gasteiger partial charge in [-0.15, -0.1) is 0 Å².